The van der Waals surface area contributed by atoms with Gasteiger partial charge in [-0.1, -0.05) is 96.8 Å². The molecule has 65 heavy (non-hydrogen) atoms. The number of fused-ring (bicyclic) bond motifs is 1. The maximum absolute atomic E-state index is 13.4. The van der Waals surface area contributed by atoms with Crippen molar-refractivity contribution in [1.82, 2.24) is 28.7 Å². The first kappa shape index (κ1) is 53.5. The third-order valence-electron chi connectivity index (χ3n) is 9.19. The summed E-state index contributed by atoms with van der Waals surface area (Å²) >= 11 is 34.3. The van der Waals surface area contributed by atoms with E-state index >= 15 is 0 Å². The molecule has 2 saturated carbocycles. The van der Waals surface area contributed by atoms with E-state index in [1.54, 1.807) is 47.3 Å². The molecule has 7 aromatic rings. The Morgan fingerprint density at radius 3 is 1.80 bits per heavy atom. The number of benzene rings is 4. The molecule has 2 aliphatic carbocycles. The first-order valence-electron chi connectivity index (χ1n) is 19.1. The van der Waals surface area contributed by atoms with Gasteiger partial charge in [0.2, 0.25) is 0 Å². The zero-order valence-electron chi connectivity index (χ0n) is 33.5. The van der Waals surface area contributed by atoms with Crippen LogP contribution in [0.2, 0.25) is 20.1 Å². The topological polar surface area (TPSA) is 143 Å². The van der Waals surface area contributed by atoms with Crippen LogP contribution in [0.3, 0.4) is 0 Å². The van der Waals surface area contributed by atoms with Crippen molar-refractivity contribution in [3.8, 4) is 17.1 Å². The minimum atomic E-state index is -3.11. The molecular weight excluding hydrogens is 1190 g/mol. The van der Waals surface area contributed by atoms with E-state index in [2.05, 4.69) is 58.3 Å². The van der Waals surface area contributed by atoms with E-state index in [1.807, 2.05) is 59.4 Å². The van der Waals surface area contributed by atoms with Crippen LogP contribution in [0.4, 0.5) is 11.5 Å². The molecule has 9 rings (SSSR count). The number of hydrogen-bond acceptors (Lipinski definition) is 8. The van der Waals surface area contributed by atoms with E-state index in [9.17, 15) is 4.79 Å². The number of nitrogens with two attached hydrogens (primary N) is 1. The normalized spacial score (nSPS) is 13.2. The first-order chi connectivity index (χ1) is 30.8. The van der Waals surface area contributed by atoms with E-state index in [4.69, 9.17) is 116 Å². The number of aromatic nitrogens is 6. The van der Waals surface area contributed by atoms with Gasteiger partial charge in [0.25, 0.3) is 5.56 Å². The van der Waals surface area contributed by atoms with Crippen LogP contribution >= 0.6 is 127 Å². The summed E-state index contributed by atoms with van der Waals surface area (Å²) in [6.07, 6.45) is 9.43. The van der Waals surface area contributed by atoms with Gasteiger partial charge in [-0.2, -0.15) is 9.59 Å². The molecule has 0 spiro atoms. The van der Waals surface area contributed by atoms with Gasteiger partial charge >= 0.3 is 55.7 Å². The molecule has 0 atom stereocenters. The average molecular weight is 1220 g/mol. The molecule has 2 aliphatic rings. The molecule has 0 radical (unpaired) electrons. The molecule has 3 aromatic heterocycles. The van der Waals surface area contributed by atoms with Crippen LogP contribution in [0.25, 0.3) is 28.2 Å². The quantitative estimate of drug-likeness (QED) is 0.124. The molecule has 0 bridgehead atoms. The summed E-state index contributed by atoms with van der Waals surface area (Å²) in [5, 5.41) is 2.33. The third kappa shape index (κ3) is 15.8. The molecule has 340 valence electrons. The SMILES string of the molecule is CCc1ncn(C2CC2)c1N.ClC(=Nc1ccc(Br)cc1)c1ccc(Cl)cc1Cl.O=C=O.O=c1c2ncn(C3CC3)c2nc(-c2ccc(Cl)cc2Cl)n1-c1ccc(Br)cc1.[Cl][Ti]([Cl])([Cl])[Cl]. The van der Waals surface area contributed by atoms with Crippen LogP contribution in [-0.2, 0) is 28.4 Å². The van der Waals surface area contributed by atoms with Crippen molar-refractivity contribution < 1.29 is 21.9 Å². The summed E-state index contributed by atoms with van der Waals surface area (Å²) in [6, 6.07) is 26.3. The Kier molecular flexibility index (Phi) is 20.4. The number of hydrogen-bond donors (Lipinski definition) is 1. The summed E-state index contributed by atoms with van der Waals surface area (Å²) in [5.41, 5.74) is 10.3. The van der Waals surface area contributed by atoms with Gasteiger partial charge in [-0.3, -0.25) is 9.36 Å². The summed E-state index contributed by atoms with van der Waals surface area (Å²) in [6.45, 7) is 2.08. The van der Waals surface area contributed by atoms with Crippen molar-refractivity contribution in [2.24, 2.45) is 4.99 Å². The molecular formula is C42H33Br2Cl9N8O3Ti. The third-order valence-corrected chi connectivity index (χ3v) is 11.6. The Morgan fingerprint density at radius 2 is 1.29 bits per heavy atom. The van der Waals surface area contributed by atoms with E-state index in [0.717, 1.165) is 45.4 Å². The Hall–Kier alpha value is -2.43. The number of nitrogen functional groups attached to an aromatic ring is 1. The number of carbonyl (C=O) groups excluding carboxylic acids is 2. The molecule has 2 fully saturated rings. The van der Waals surface area contributed by atoms with Gasteiger partial charge < -0.3 is 14.9 Å². The van der Waals surface area contributed by atoms with Crippen molar-refractivity contribution in [3.05, 3.63) is 148 Å². The van der Waals surface area contributed by atoms with Gasteiger partial charge in [-0.05, 0) is 117 Å². The molecule has 23 heteroatoms. The van der Waals surface area contributed by atoms with Crippen LogP contribution < -0.4 is 11.3 Å². The number of anilines is 1. The number of nitrogens with zero attached hydrogens (tertiary/aromatic N) is 7. The van der Waals surface area contributed by atoms with Crippen LogP contribution in [0, 0.1) is 0 Å². The van der Waals surface area contributed by atoms with Crippen molar-refractivity contribution >= 4 is 161 Å². The van der Waals surface area contributed by atoms with Crippen molar-refractivity contribution in [2.75, 3.05) is 5.73 Å². The standard InChI is InChI=1S/C20H13BrCl2N4O.C13H7BrCl3N.C8H13N3.CO2.4ClH.Ti/c21-11-1-4-14(5-2-11)27-18(15-8-3-12(22)9-16(15)23)25-19-17(20(27)28)24-10-26(19)13-6-7-13;14-8-1-4-10(5-2-8)18-13(17)11-6-3-9(15)7-12(11)16;1-2-7-8(9)11(5-10-7)6-3-4-6;2-1-3;;;;;/h1-5,8-10,13H,6-7H2;1-7H;5-6H,2-4,9H2,1H3;;4*1H;/q;;;;;;;;+4/p-4. The summed E-state index contributed by atoms with van der Waals surface area (Å²) in [5.74, 6) is 1.33. The zero-order chi connectivity index (χ0) is 47.6. The Bertz CT molecular complexity index is 2870. The van der Waals surface area contributed by atoms with Gasteiger partial charge in [-0.15, -0.1) is 0 Å². The van der Waals surface area contributed by atoms with Crippen molar-refractivity contribution in [1.29, 1.82) is 0 Å². The van der Waals surface area contributed by atoms with Gasteiger partial charge in [0.05, 0.1) is 39.8 Å². The van der Waals surface area contributed by atoms with Gasteiger partial charge in [0, 0.05) is 42.2 Å². The zero-order valence-corrected chi connectivity index (χ0v) is 45.1. The second kappa shape index (κ2) is 24.7. The predicted octanol–water partition coefficient (Wildman–Crippen LogP) is 15.3. The molecule has 4 aromatic carbocycles. The minimum absolute atomic E-state index is 0.229. The molecule has 3 heterocycles. The summed E-state index contributed by atoms with van der Waals surface area (Å²) in [7, 11) is 20.1. The maximum atomic E-state index is 13.4. The first-order valence-corrected chi connectivity index (χ1v) is 31.1. The molecule has 0 unspecified atom stereocenters. The number of halogens is 11. The van der Waals surface area contributed by atoms with E-state index < -0.39 is 12.3 Å². The van der Waals surface area contributed by atoms with Gasteiger partial charge in [0.15, 0.2) is 17.0 Å². The summed E-state index contributed by atoms with van der Waals surface area (Å²) in [4.78, 5) is 47.4. The van der Waals surface area contributed by atoms with Crippen LogP contribution in [0.5, 0.6) is 0 Å². The van der Waals surface area contributed by atoms with E-state index in [0.29, 0.717) is 71.1 Å². The number of aryl methyl sites for hydroxylation is 1. The number of rotatable bonds is 7. The van der Waals surface area contributed by atoms with Gasteiger partial charge in [0.1, 0.15) is 11.0 Å². The molecule has 0 amide bonds. The predicted molar refractivity (Wildman–Crippen MR) is 270 cm³/mol. The van der Waals surface area contributed by atoms with E-state index in [-0.39, 0.29) is 11.7 Å². The molecule has 0 saturated heterocycles. The Balaban J connectivity index is 0.000000183. The van der Waals surface area contributed by atoms with Crippen molar-refractivity contribution in [2.45, 2.75) is 51.1 Å². The molecule has 0 aliphatic heterocycles. The number of imidazole rings is 2. The van der Waals surface area contributed by atoms with Crippen LogP contribution in [0.1, 0.15) is 55.9 Å². The molecule has 2 N–H and O–H groups in total. The van der Waals surface area contributed by atoms with Crippen molar-refractivity contribution in [3.63, 3.8) is 0 Å². The second-order valence-electron chi connectivity index (χ2n) is 13.8. The monoisotopic (exact) mass is 1220 g/mol. The fourth-order valence-corrected chi connectivity index (χ4v) is 7.77. The van der Waals surface area contributed by atoms with Crippen LogP contribution in [0.15, 0.2) is 116 Å². The Morgan fingerprint density at radius 1 is 0.785 bits per heavy atom. The fourth-order valence-electron chi connectivity index (χ4n) is 5.94. The average Bonchev–Trinajstić information content (AvgIpc) is 4.19. The second-order valence-corrected chi connectivity index (χ2v) is 33.2. The van der Waals surface area contributed by atoms with Gasteiger partial charge in [-0.25, -0.2) is 19.9 Å². The summed E-state index contributed by atoms with van der Waals surface area (Å²) < 4.78 is 7.53. The molecule has 11 nitrogen and oxygen atoms in total. The fraction of sp³-hybridized carbons (Fsp3) is 0.190. The van der Waals surface area contributed by atoms with E-state index in [1.165, 1.54) is 12.8 Å². The Labute approximate surface area is 434 Å². The number of aliphatic imine (C=N–C) groups is 1. The van der Waals surface area contributed by atoms with Crippen LogP contribution in [-0.4, -0.2) is 40.0 Å².